The van der Waals surface area contributed by atoms with Gasteiger partial charge in [0.15, 0.2) is 0 Å². The Labute approximate surface area is 140 Å². The second-order valence-corrected chi connectivity index (χ2v) is 5.44. The zero-order valence-corrected chi connectivity index (χ0v) is 13.8. The molecule has 6 nitrogen and oxygen atoms in total. The average Bonchev–Trinajstić information content (AvgIpc) is 2.84. The first kappa shape index (κ1) is 16.9. The van der Waals surface area contributed by atoms with Crippen molar-refractivity contribution < 1.29 is 0 Å². The summed E-state index contributed by atoms with van der Waals surface area (Å²) in [6.45, 7) is 3.57. The highest BCUT2D eigenvalue weighted by molar-refractivity contribution is 7.71. The first-order chi connectivity index (χ1) is 11.2. The predicted molar refractivity (Wildman–Crippen MR) is 89.2 cm³/mol. The summed E-state index contributed by atoms with van der Waals surface area (Å²) in [4.78, 5) is 2.02. The molecule has 0 bridgehead atoms. The highest BCUT2D eigenvalue weighted by Crippen LogP contribution is 2.12. The first-order valence-electron chi connectivity index (χ1n) is 7.35. The highest BCUT2D eigenvalue weighted by atomic mass is 32.1. The van der Waals surface area contributed by atoms with Crippen LogP contribution in [0.25, 0.3) is 5.69 Å². The van der Waals surface area contributed by atoms with Crippen LogP contribution in [0.1, 0.15) is 18.7 Å². The van der Waals surface area contributed by atoms with Gasteiger partial charge in [-0.1, -0.05) is 18.2 Å². The molecular weight excluding hydrogens is 308 g/mol. The summed E-state index contributed by atoms with van der Waals surface area (Å²) in [5, 5.41) is 22.0. The van der Waals surface area contributed by atoms with Crippen molar-refractivity contribution in [3.63, 3.8) is 0 Å². The molecule has 0 saturated heterocycles. The van der Waals surface area contributed by atoms with Gasteiger partial charge in [0.1, 0.15) is 5.82 Å². The monoisotopic (exact) mass is 326 g/mol. The lowest BCUT2D eigenvalue weighted by molar-refractivity contribution is 0.214. The van der Waals surface area contributed by atoms with E-state index >= 15 is 0 Å². The number of hydrogen-bond donors (Lipinski definition) is 0. The molecule has 0 saturated carbocycles. The van der Waals surface area contributed by atoms with Crippen molar-refractivity contribution >= 4 is 12.2 Å². The smallest absolute Gasteiger partial charge is 0.203 e. The van der Waals surface area contributed by atoms with Gasteiger partial charge in [-0.15, -0.1) is 0 Å². The van der Waals surface area contributed by atoms with Gasteiger partial charge >= 0.3 is 0 Å². The van der Waals surface area contributed by atoms with Gasteiger partial charge in [0.2, 0.25) is 4.77 Å². The Kier molecular flexibility index (Phi) is 6.04. The minimum atomic E-state index is 0.414. The van der Waals surface area contributed by atoms with Crippen LogP contribution in [0.15, 0.2) is 30.3 Å². The molecule has 1 aromatic carbocycles. The largest absolute Gasteiger partial charge is 0.282 e. The van der Waals surface area contributed by atoms with E-state index in [0.717, 1.165) is 11.5 Å². The van der Waals surface area contributed by atoms with Crippen molar-refractivity contribution in [2.75, 3.05) is 13.1 Å². The molecule has 0 aliphatic heterocycles. The van der Waals surface area contributed by atoms with Crippen LogP contribution in [0.5, 0.6) is 0 Å². The molecule has 118 valence electrons. The zero-order chi connectivity index (χ0) is 16.7. The second-order valence-electron chi connectivity index (χ2n) is 5.08. The van der Waals surface area contributed by atoms with Crippen LogP contribution in [0.4, 0.5) is 0 Å². The summed E-state index contributed by atoms with van der Waals surface area (Å²) in [5.74, 6) is 0.807. The first-order valence-corrected chi connectivity index (χ1v) is 7.76. The van der Waals surface area contributed by atoms with Crippen molar-refractivity contribution in [2.45, 2.75) is 26.4 Å². The molecule has 0 unspecified atom stereocenters. The van der Waals surface area contributed by atoms with Crippen molar-refractivity contribution in [3.05, 3.63) is 40.9 Å². The lowest BCUT2D eigenvalue weighted by Crippen LogP contribution is -2.29. The molecular formula is C16H18N6S. The summed E-state index contributed by atoms with van der Waals surface area (Å²) in [6, 6.07) is 14.1. The maximum Gasteiger partial charge on any atom is 0.203 e. The Bertz CT molecular complexity index is 760. The van der Waals surface area contributed by atoms with Crippen molar-refractivity contribution in [3.8, 4) is 17.8 Å². The van der Waals surface area contributed by atoms with E-state index < -0.39 is 0 Å². The molecule has 1 heterocycles. The maximum atomic E-state index is 8.77. The summed E-state index contributed by atoms with van der Waals surface area (Å²) < 4.78 is 4.27. The SMILES string of the molecule is Cc1nn(CN(CCC#N)CCC#N)c(=S)n1-c1ccccc1. The molecule has 0 spiro atoms. The fraction of sp³-hybridized carbons (Fsp3) is 0.375. The van der Waals surface area contributed by atoms with Crippen molar-refractivity contribution in [2.24, 2.45) is 0 Å². The standard InChI is InChI=1S/C16H18N6S/c1-14-19-21(13-20(11-5-9-17)12-6-10-18)16(23)22(14)15-7-3-2-4-8-15/h2-4,7-8H,5-6,11-13H2,1H3. The van der Waals surface area contributed by atoms with Crippen LogP contribution in [-0.2, 0) is 6.67 Å². The molecule has 2 rings (SSSR count). The van der Waals surface area contributed by atoms with Gasteiger partial charge in [0.25, 0.3) is 0 Å². The summed E-state index contributed by atoms with van der Waals surface area (Å²) in [6.07, 6.45) is 0.828. The van der Waals surface area contributed by atoms with E-state index in [1.165, 1.54) is 0 Å². The molecule has 2 aromatic rings. The average molecular weight is 326 g/mol. The quantitative estimate of drug-likeness (QED) is 0.732. The summed E-state index contributed by atoms with van der Waals surface area (Å²) >= 11 is 5.55. The van der Waals surface area contributed by atoms with Crippen molar-refractivity contribution in [1.82, 2.24) is 19.2 Å². The van der Waals surface area contributed by atoms with Gasteiger partial charge in [0, 0.05) is 31.6 Å². The minimum Gasteiger partial charge on any atom is -0.282 e. The topological polar surface area (TPSA) is 73.6 Å². The van der Waals surface area contributed by atoms with E-state index in [1.54, 1.807) is 4.68 Å². The second kappa shape index (κ2) is 8.23. The third-order valence-corrected chi connectivity index (χ3v) is 3.82. The number of nitrogens with zero attached hydrogens (tertiary/aromatic N) is 6. The number of nitriles is 2. The van der Waals surface area contributed by atoms with Crippen LogP contribution in [0.3, 0.4) is 0 Å². The van der Waals surface area contributed by atoms with Crippen molar-refractivity contribution in [1.29, 1.82) is 10.5 Å². The Hall–Kier alpha value is -2.48. The third-order valence-electron chi connectivity index (χ3n) is 3.43. The molecule has 0 N–H and O–H groups in total. The third kappa shape index (κ3) is 4.26. The van der Waals surface area contributed by atoms with Crippen LogP contribution in [0, 0.1) is 34.4 Å². The Morgan fingerprint density at radius 1 is 1.13 bits per heavy atom. The molecule has 0 aliphatic carbocycles. The number of rotatable bonds is 7. The highest BCUT2D eigenvalue weighted by Gasteiger charge is 2.12. The fourth-order valence-electron chi connectivity index (χ4n) is 2.34. The van der Waals surface area contributed by atoms with Gasteiger partial charge < -0.3 is 0 Å². The summed E-state index contributed by atoms with van der Waals surface area (Å²) in [7, 11) is 0. The van der Waals surface area contributed by atoms with E-state index in [4.69, 9.17) is 22.7 Å². The van der Waals surface area contributed by atoms with E-state index in [1.807, 2.05) is 46.7 Å². The molecule has 0 radical (unpaired) electrons. The lowest BCUT2D eigenvalue weighted by atomic mass is 10.3. The molecule has 0 aliphatic rings. The molecule has 0 amide bonds. The van der Waals surface area contributed by atoms with E-state index in [2.05, 4.69) is 17.2 Å². The van der Waals surface area contributed by atoms with Gasteiger partial charge in [-0.05, 0) is 31.3 Å². The Balaban J connectivity index is 2.25. The molecule has 23 heavy (non-hydrogen) atoms. The van der Waals surface area contributed by atoms with E-state index in [-0.39, 0.29) is 0 Å². The lowest BCUT2D eigenvalue weighted by Gasteiger charge is -2.19. The van der Waals surface area contributed by atoms with Gasteiger partial charge in [-0.25, -0.2) is 4.68 Å². The molecule has 0 fully saturated rings. The number of aryl methyl sites for hydroxylation is 1. The maximum absolute atomic E-state index is 8.77. The summed E-state index contributed by atoms with van der Waals surface area (Å²) in [5.41, 5.74) is 0.974. The number of benzene rings is 1. The molecule has 1 aromatic heterocycles. The van der Waals surface area contributed by atoms with E-state index in [9.17, 15) is 0 Å². The van der Waals surface area contributed by atoms with Crippen LogP contribution < -0.4 is 0 Å². The van der Waals surface area contributed by atoms with E-state index in [0.29, 0.717) is 37.4 Å². The molecule has 0 atom stereocenters. The molecule has 7 heteroatoms. The fourth-order valence-corrected chi connectivity index (χ4v) is 2.68. The van der Waals surface area contributed by atoms with Crippen LogP contribution >= 0.6 is 12.2 Å². The van der Waals surface area contributed by atoms with Gasteiger partial charge in [0.05, 0.1) is 18.8 Å². The normalized spacial score (nSPS) is 10.4. The Morgan fingerprint density at radius 3 is 2.30 bits per heavy atom. The number of hydrogen-bond acceptors (Lipinski definition) is 5. The number of para-hydroxylation sites is 1. The van der Waals surface area contributed by atoms with Crippen LogP contribution in [0.2, 0.25) is 0 Å². The van der Waals surface area contributed by atoms with Gasteiger partial charge in [-0.2, -0.15) is 15.6 Å². The van der Waals surface area contributed by atoms with Gasteiger partial charge in [-0.3, -0.25) is 9.47 Å². The van der Waals surface area contributed by atoms with Crippen LogP contribution in [-0.4, -0.2) is 32.3 Å². The minimum absolute atomic E-state index is 0.414. The zero-order valence-electron chi connectivity index (χ0n) is 13.0. The predicted octanol–water partition coefficient (Wildman–Crippen LogP) is 2.80. The Morgan fingerprint density at radius 2 is 1.74 bits per heavy atom. The number of aromatic nitrogens is 3.